The lowest BCUT2D eigenvalue weighted by molar-refractivity contribution is 0.0690. The van der Waals surface area contributed by atoms with Crippen LogP contribution in [0.15, 0.2) is 18.3 Å². The van der Waals surface area contributed by atoms with Crippen LogP contribution in [0.4, 0.5) is 0 Å². The van der Waals surface area contributed by atoms with Gasteiger partial charge in [-0.2, -0.15) is 0 Å². The molecule has 1 rings (SSSR count). The quantitative estimate of drug-likeness (QED) is 0.690. The summed E-state index contributed by atoms with van der Waals surface area (Å²) < 4.78 is 0. The minimum atomic E-state index is -1.01. The lowest BCUT2D eigenvalue weighted by Crippen LogP contribution is -2.01. The van der Waals surface area contributed by atoms with Crippen LogP contribution in [0.2, 0.25) is 0 Å². The summed E-state index contributed by atoms with van der Waals surface area (Å²) in [6, 6.07) is 3.36. The average molecular weight is 195 g/mol. The molecule has 0 atom stereocenters. The van der Waals surface area contributed by atoms with E-state index in [1.807, 2.05) is 0 Å². The van der Waals surface area contributed by atoms with Crippen LogP contribution in [-0.2, 0) is 6.42 Å². The average Bonchev–Trinajstić information content (AvgIpc) is 2.19. The summed E-state index contributed by atoms with van der Waals surface area (Å²) in [6.07, 6.45) is 3.88. The fraction of sp³-hybridized carbons (Fsp3) is 0.400. The van der Waals surface area contributed by atoms with Crippen molar-refractivity contribution in [3.63, 3.8) is 0 Å². The maximum Gasteiger partial charge on any atom is 0.354 e. The first-order valence-electron chi connectivity index (χ1n) is 4.53. The zero-order chi connectivity index (χ0) is 10.4. The largest absolute Gasteiger partial charge is 0.477 e. The van der Waals surface area contributed by atoms with E-state index < -0.39 is 5.97 Å². The highest BCUT2D eigenvalue weighted by atomic mass is 16.4. The molecule has 0 aliphatic carbocycles. The molecule has 4 nitrogen and oxygen atoms in total. The van der Waals surface area contributed by atoms with Crippen molar-refractivity contribution in [2.45, 2.75) is 19.3 Å². The fourth-order valence-electron chi connectivity index (χ4n) is 1.19. The first-order valence-corrected chi connectivity index (χ1v) is 4.53. The molecule has 2 N–H and O–H groups in total. The number of aryl methyl sites for hydroxylation is 1. The number of aliphatic hydroxyl groups excluding tert-OH is 1. The van der Waals surface area contributed by atoms with E-state index in [0.717, 1.165) is 24.8 Å². The van der Waals surface area contributed by atoms with Crippen LogP contribution in [0.5, 0.6) is 0 Å². The van der Waals surface area contributed by atoms with Gasteiger partial charge in [0, 0.05) is 12.8 Å². The lowest BCUT2D eigenvalue weighted by atomic mass is 10.1. The molecule has 0 radical (unpaired) electrons. The van der Waals surface area contributed by atoms with Crippen molar-refractivity contribution >= 4 is 5.97 Å². The van der Waals surface area contributed by atoms with E-state index >= 15 is 0 Å². The Morgan fingerprint density at radius 3 is 2.86 bits per heavy atom. The summed E-state index contributed by atoms with van der Waals surface area (Å²) in [5, 5.41) is 17.3. The van der Waals surface area contributed by atoms with E-state index in [1.165, 1.54) is 6.20 Å². The van der Waals surface area contributed by atoms with Gasteiger partial charge in [-0.1, -0.05) is 0 Å². The Morgan fingerprint density at radius 2 is 2.21 bits per heavy atom. The molecule has 0 amide bonds. The summed E-state index contributed by atoms with van der Waals surface area (Å²) in [5.74, 6) is -1.01. The number of aliphatic hydroxyl groups is 1. The minimum Gasteiger partial charge on any atom is -0.477 e. The van der Waals surface area contributed by atoms with Gasteiger partial charge in [-0.05, 0) is 37.0 Å². The van der Waals surface area contributed by atoms with Crippen molar-refractivity contribution in [1.82, 2.24) is 4.98 Å². The van der Waals surface area contributed by atoms with Crippen LogP contribution < -0.4 is 0 Å². The number of hydrogen-bond acceptors (Lipinski definition) is 3. The third-order valence-electron chi connectivity index (χ3n) is 1.92. The van der Waals surface area contributed by atoms with Gasteiger partial charge < -0.3 is 10.2 Å². The number of aromatic nitrogens is 1. The molecular formula is C10H13NO3. The lowest BCUT2D eigenvalue weighted by Gasteiger charge is -2.00. The summed E-state index contributed by atoms with van der Waals surface area (Å²) in [7, 11) is 0. The number of carboxylic acid groups (broad SMARTS) is 1. The topological polar surface area (TPSA) is 70.4 Å². The standard InChI is InChI=1S/C10H13NO3/c12-6-2-1-3-8-4-5-11-9(7-8)10(13)14/h4-5,7,12H,1-3,6H2,(H,13,14). The van der Waals surface area contributed by atoms with Gasteiger partial charge >= 0.3 is 5.97 Å². The highest BCUT2D eigenvalue weighted by Crippen LogP contribution is 2.06. The van der Waals surface area contributed by atoms with Crippen molar-refractivity contribution in [1.29, 1.82) is 0 Å². The molecular weight excluding hydrogens is 182 g/mol. The highest BCUT2D eigenvalue weighted by molar-refractivity contribution is 5.85. The van der Waals surface area contributed by atoms with E-state index in [2.05, 4.69) is 4.98 Å². The van der Waals surface area contributed by atoms with Crippen molar-refractivity contribution in [3.05, 3.63) is 29.6 Å². The number of unbranched alkanes of at least 4 members (excludes halogenated alkanes) is 1. The third kappa shape index (κ3) is 3.14. The normalized spacial score (nSPS) is 10.1. The molecule has 76 valence electrons. The Balaban J connectivity index is 2.59. The Kier molecular flexibility index (Phi) is 4.07. The molecule has 1 aromatic heterocycles. The molecule has 0 saturated carbocycles. The van der Waals surface area contributed by atoms with Crippen molar-refractivity contribution in [3.8, 4) is 0 Å². The Morgan fingerprint density at radius 1 is 1.43 bits per heavy atom. The number of carbonyl (C=O) groups is 1. The Hall–Kier alpha value is -1.42. The van der Waals surface area contributed by atoms with Crippen LogP contribution in [0.3, 0.4) is 0 Å². The zero-order valence-corrected chi connectivity index (χ0v) is 7.81. The second-order valence-corrected chi connectivity index (χ2v) is 3.04. The van der Waals surface area contributed by atoms with Crippen LogP contribution >= 0.6 is 0 Å². The van der Waals surface area contributed by atoms with E-state index in [0.29, 0.717) is 0 Å². The monoisotopic (exact) mass is 195 g/mol. The number of hydrogen-bond donors (Lipinski definition) is 2. The fourth-order valence-corrected chi connectivity index (χ4v) is 1.19. The minimum absolute atomic E-state index is 0.0755. The zero-order valence-electron chi connectivity index (χ0n) is 7.81. The van der Waals surface area contributed by atoms with Crippen LogP contribution in [-0.4, -0.2) is 27.8 Å². The summed E-state index contributed by atoms with van der Waals surface area (Å²) in [4.78, 5) is 14.3. The molecule has 0 fully saturated rings. The van der Waals surface area contributed by atoms with E-state index in [9.17, 15) is 4.79 Å². The first kappa shape index (κ1) is 10.7. The van der Waals surface area contributed by atoms with Gasteiger partial charge in [0.1, 0.15) is 5.69 Å². The number of pyridine rings is 1. The van der Waals surface area contributed by atoms with Crippen molar-refractivity contribution < 1.29 is 15.0 Å². The van der Waals surface area contributed by atoms with Gasteiger partial charge in [0.05, 0.1) is 0 Å². The van der Waals surface area contributed by atoms with E-state index in [4.69, 9.17) is 10.2 Å². The second kappa shape index (κ2) is 5.34. The van der Waals surface area contributed by atoms with Crippen LogP contribution in [0, 0.1) is 0 Å². The Bertz CT molecular complexity index is 312. The van der Waals surface area contributed by atoms with Gasteiger partial charge in [0.15, 0.2) is 0 Å². The third-order valence-corrected chi connectivity index (χ3v) is 1.92. The second-order valence-electron chi connectivity index (χ2n) is 3.04. The molecule has 0 bridgehead atoms. The molecule has 14 heavy (non-hydrogen) atoms. The molecule has 0 aromatic carbocycles. The SMILES string of the molecule is O=C(O)c1cc(CCCCO)ccn1. The van der Waals surface area contributed by atoms with E-state index in [-0.39, 0.29) is 12.3 Å². The van der Waals surface area contributed by atoms with E-state index in [1.54, 1.807) is 12.1 Å². The maximum absolute atomic E-state index is 10.6. The van der Waals surface area contributed by atoms with Crippen molar-refractivity contribution in [2.75, 3.05) is 6.61 Å². The smallest absolute Gasteiger partial charge is 0.354 e. The maximum atomic E-state index is 10.6. The van der Waals surface area contributed by atoms with Gasteiger partial charge in [-0.3, -0.25) is 0 Å². The van der Waals surface area contributed by atoms with Crippen molar-refractivity contribution in [2.24, 2.45) is 0 Å². The Labute approximate surface area is 82.2 Å². The molecule has 1 aromatic rings. The first-order chi connectivity index (χ1) is 6.74. The van der Waals surface area contributed by atoms with Gasteiger partial charge in [0.25, 0.3) is 0 Å². The van der Waals surface area contributed by atoms with Crippen LogP contribution in [0.1, 0.15) is 28.9 Å². The molecule has 0 aliphatic rings. The molecule has 0 spiro atoms. The predicted octanol–water partition coefficient (Wildman–Crippen LogP) is 1.09. The number of aromatic carboxylic acids is 1. The molecule has 1 heterocycles. The van der Waals surface area contributed by atoms with Crippen LogP contribution in [0.25, 0.3) is 0 Å². The summed E-state index contributed by atoms with van der Waals surface area (Å²) in [6.45, 7) is 0.177. The number of rotatable bonds is 5. The number of carboxylic acids is 1. The summed E-state index contributed by atoms with van der Waals surface area (Å²) in [5.41, 5.74) is 1.03. The molecule has 0 saturated heterocycles. The molecule has 0 unspecified atom stereocenters. The predicted molar refractivity (Wildman–Crippen MR) is 51.2 cm³/mol. The van der Waals surface area contributed by atoms with Gasteiger partial charge in [0.2, 0.25) is 0 Å². The highest BCUT2D eigenvalue weighted by Gasteiger charge is 2.04. The molecule has 4 heteroatoms. The summed E-state index contributed by atoms with van der Waals surface area (Å²) >= 11 is 0. The van der Waals surface area contributed by atoms with Gasteiger partial charge in [-0.15, -0.1) is 0 Å². The van der Waals surface area contributed by atoms with Gasteiger partial charge in [-0.25, -0.2) is 9.78 Å². The number of nitrogens with zero attached hydrogens (tertiary/aromatic N) is 1. The molecule has 0 aliphatic heterocycles.